The molecule has 1 saturated heterocycles. The van der Waals surface area contributed by atoms with Gasteiger partial charge in [-0.1, -0.05) is 6.07 Å². The van der Waals surface area contributed by atoms with E-state index in [1.165, 1.54) is 6.42 Å². The third-order valence-corrected chi connectivity index (χ3v) is 6.16. The van der Waals surface area contributed by atoms with Crippen molar-refractivity contribution in [3.63, 3.8) is 0 Å². The lowest BCUT2D eigenvalue weighted by Gasteiger charge is -2.27. The van der Waals surface area contributed by atoms with Gasteiger partial charge in [0.15, 0.2) is 0 Å². The highest BCUT2D eigenvalue weighted by Crippen LogP contribution is 2.39. The van der Waals surface area contributed by atoms with E-state index in [0.717, 1.165) is 18.4 Å². The summed E-state index contributed by atoms with van der Waals surface area (Å²) in [7, 11) is -3.26. The van der Waals surface area contributed by atoms with Gasteiger partial charge in [-0.25, -0.2) is 8.42 Å². The van der Waals surface area contributed by atoms with Gasteiger partial charge in [-0.2, -0.15) is 4.31 Å². The predicted octanol–water partition coefficient (Wildman–Crippen LogP) is 0.895. The minimum atomic E-state index is -3.26. The van der Waals surface area contributed by atoms with Crippen LogP contribution in [0.2, 0.25) is 0 Å². The molecular weight excluding hydrogens is 262 g/mol. The fourth-order valence-corrected chi connectivity index (χ4v) is 5.16. The van der Waals surface area contributed by atoms with Crippen molar-refractivity contribution >= 4 is 10.0 Å². The standard InChI is InChI=1S/C13H19N3O2S/c14-13(11-2-1-5-15-7-11)9-19(17,18)16-8-10-3-4-12(16)6-10/h1-2,5,7,10,12-13H,3-4,6,8-9,14H2. The zero-order valence-electron chi connectivity index (χ0n) is 10.8. The maximum Gasteiger partial charge on any atom is 0.216 e. The Bertz CT molecular complexity index is 546. The van der Waals surface area contributed by atoms with Crippen LogP contribution in [0.3, 0.4) is 0 Å². The van der Waals surface area contributed by atoms with Crippen molar-refractivity contribution < 1.29 is 8.42 Å². The molecule has 0 aromatic carbocycles. The number of sulfonamides is 1. The molecule has 2 N–H and O–H groups in total. The van der Waals surface area contributed by atoms with Crippen LogP contribution in [0.1, 0.15) is 30.9 Å². The first-order valence-electron chi connectivity index (χ1n) is 6.71. The number of piperidine rings is 1. The molecule has 1 aromatic rings. The largest absolute Gasteiger partial charge is 0.323 e. The molecule has 6 heteroatoms. The number of hydrogen-bond acceptors (Lipinski definition) is 4. The molecule has 1 aromatic heterocycles. The van der Waals surface area contributed by atoms with Crippen LogP contribution in [-0.2, 0) is 10.0 Å². The number of hydrogen-bond donors (Lipinski definition) is 1. The molecule has 2 aliphatic rings. The van der Waals surface area contributed by atoms with E-state index in [4.69, 9.17) is 5.73 Å². The van der Waals surface area contributed by atoms with Gasteiger partial charge in [0, 0.05) is 31.0 Å². The molecule has 2 heterocycles. The van der Waals surface area contributed by atoms with Gasteiger partial charge in [-0.05, 0) is 36.8 Å². The molecule has 3 unspecified atom stereocenters. The highest BCUT2D eigenvalue weighted by molar-refractivity contribution is 7.89. The quantitative estimate of drug-likeness (QED) is 0.889. The van der Waals surface area contributed by atoms with Gasteiger partial charge in [0.25, 0.3) is 0 Å². The van der Waals surface area contributed by atoms with Gasteiger partial charge < -0.3 is 5.73 Å². The summed E-state index contributed by atoms with van der Waals surface area (Å²) < 4.78 is 26.5. The number of nitrogens with zero attached hydrogens (tertiary/aromatic N) is 2. The first kappa shape index (κ1) is 13.0. The second-order valence-corrected chi connectivity index (χ2v) is 7.54. The van der Waals surface area contributed by atoms with Crippen molar-refractivity contribution in [2.75, 3.05) is 12.3 Å². The van der Waals surface area contributed by atoms with E-state index < -0.39 is 16.1 Å². The molecule has 19 heavy (non-hydrogen) atoms. The Labute approximate surface area is 113 Å². The van der Waals surface area contributed by atoms with E-state index in [9.17, 15) is 8.42 Å². The second-order valence-electron chi connectivity index (χ2n) is 5.57. The van der Waals surface area contributed by atoms with E-state index in [2.05, 4.69) is 4.98 Å². The van der Waals surface area contributed by atoms with Gasteiger partial charge in [0.1, 0.15) is 0 Å². The molecule has 5 nitrogen and oxygen atoms in total. The van der Waals surface area contributed by atoms with Crippen LogP contribution < -0.4 is 5.73 Å². The zero-order valence-corrected chi connectivity index (χ0v) is 11.6. The molecule has 2 fully saturated rings. The smallest absolute Gasteiger partial charge is 0.216 e. The molecule has 3 rings (SSSR count). The Kier molecular flexibility index (Phi) is 3.32. The van der Waals surface area contributed by atoms with Crippen LogP contribution in [0.25, 0.3) is 0 Å². The Morgan fingerprint density at radius 3 is 2.89 bits per heavy atom. The third kappa shape index (κ3) is 2.52. The summed E-state index contributed by atoms with van der Waals surface area (Å²) in [5.41, 5.74) is 6.77. The van der Waals surface area contributed by atoms with E-state index in [-0.39, 0.29) is 11.8 Å². The summed E-state index contributed by atoms with van der Waals surface area (Å²) in [5, 5.41) is 0. The molecule has 0 amide bonds. The third-order valence-electron chi connectivity index (χ3n) is 4.22. The van der Waals surface area contributed by atoms with Crippen LogP contribution in [0.15, 0.2) is 24.5 Å². The molecule has 104 valence electrons. The second kappa shape index (κ2) is 4.85. The Hall–Kier alpha value is -0.980. The van der Waals surface area contributed by atoms with Crippen molar-refractivity contribution in [2.45, 2.75) is 31.3 Å². The predicted molar refractivity (Wildman–Crippen MR) is 72.8 cm³/mol. The Morgan fingerprint density at radius 1 is 1.47 bits per heavy atom. The summed E-state index contributed by atoms with van der Waals surface area (Å²) in [5.74, 6) is 0.538. The van der Waals surface area contributed by atoms with E-state index in [1.54, 1.807) is 22.8 Å². The molecule has 1 aliphatic carbocycles. The number of nitrogens with two attached hydrogens (primary N) is 1. The molecule has 1 saturated carbocycles. The number of rotatable bonds is 4. The number of pyridine rings is 1. The summed E-state index contributed by atoms with van der Waals surface area (Å²) in [6, 6.07) is 3.32. The van der Waals surface area contributed by atoms with Crippen molar-refractivity contribution in [1.82, 2.24) is 9.29 Å². The van der Waals surface area contributed by atoms with Crippen molar-refractivity contribution in [2.24, 2.45) is 11.7 Å². The van der Waals surface area contributed by atoms with Crippen LogP contribution in [0.5, 0.6) is 0 Å². The maximum atomic E-state index is 12.4. The van der Waals surface area contributed by atoms with Gasteiger partial charge >= 0.3 is 0 Å². The fourth-order valence-electron chi connectivity index (χ4n) is 3.23. The zero-order chi connectivity index (χ0) is 13.5. The lowest BCUT2D eigenvalue weighted by atomic mass is 10.1. The summed E-state index contributed by atoms with van der Waals surface area (Å²) in [4.78, 5) is 3.98. The topological polar surface area (TPSA) is 76.3 Å². The van der Waals surface area contributed by atoms with Gasteiger partial charge in [-0.3, -0.25) is 4.98 Å². The lowest BCUT2D eigenvalue weighted by Crippen LogP contribution is -2.41. The minimum absolute atomic E-state index is 0.0259. The maximum absolute atomic E-state index is 12.4. The van der Waals surface area contributed by atoms with Crippen molar-refractivity contribution in [3.8, 4) is 0 Å². The monoisotopic (exact) mass is 281 g/mol. The van der Waals surface area contributed by atoms with E-state index in [0.29, 0.717) is 12.5 Å². The van der Waals surface area contributed by atoms with Crippen molar-refractivity contribution in [3.05, 3.63) is 30.1 Å². The Morgan fingerprint density at radius 2 is 2.32 bits per heavy atom. The molecule has 2 bridgehead atoms. The van der Waals surface area contributed by atoms with E-state index >= 15 is 0 Å². The summed E-state index contributed by atoms with van der Waals surface area (Å²) in [6.07, 6.45) is 6.50. The van der Waals surface area contributed by atoms with Crippen LogP contribution in [0, 0.1) is 5.92 Å². The first-order valence-corrected chi connectivity index (χ1v) is 8.32. The molecule has 1 aliphatic heterocycles. The van der Waals surface area contributed by atoms with Crippen LogP contribution in [0.4, 0.5) is 0 Å². The van der Waals surface area contributed by atoms with Crippen molar-refractivity contribution in [1.29, 1.82) is 0 Å². The normalized spacial score (nSPS) is 28.7. The average molecular weight is 281 g/mol. The summed E-state index contributed by atoms with van der Waals surface area (Å²) in [6.45, 7) is 0.687. The van der Waals surface area contributed by atoms with Gasteiger partial charge in [-0.15, -0.1) is 0 Å². The first-order chi connectivity index (χ1) is 9.06. The average Bonchev–Trinajstić information content (AvgIpc) is 3.02. The lowest BCUT2D eigenvalue weighted by molar-refractivity contribution is 0.332. The number of fused-ring (bicyclic) bond motifs is 2. The Balaban J connectivity index is 1.72. The minimum Gasteiger partial charge on any atom is -0.323 e. The highest BCUT2D eigenvalue weighted by atomic mass is 32.2. The number of aromatic nitrogens is 1. The molecule has 0 spiro atoms. The SMILES string of the molecule is NC(CS(=O)(=O)N1CC2CCC1C2)c1cccnc1. The molecule has 3 atom stereocenters. The van der Waals surface area contributed by atoms with Crippen LogP contribution in [-0.4, -0.2) is 36.0 Å². The van der Waals surface area contributed by atoms with Crippen LogP contribution >= 0.6 is 0 Å². The van der Waals surface area contributed by atoms with Gasteiger partial charge in [0.05, 0.1) is 5.75 Å². The van der Waals surface area contributed by atoms with Gasteiger partial charge in [0.2, 0.25) is 10.0 Å². The molecule has 0 radical (unpaired) electrons. The summed E-state index contributed by atoms with van der Waals surface area (Å²) >= 11 is 0. The fraction of sp³-hybridized carbons (Fsp3) is 0.615. The highest BCUT2D eigenvalue weighted by Gasteiger charge is 2.43. The molecular formula is C13H19N3O2S. The van der Waals surface area contributed by atoms with E-state index in [1.807, 2.05) is 6.07 Å².